The van der Waals surface area contributed by atoms with Crippen molar-refractivity contribution in [2.24, 2.45) is 0 Å². The van der Waals surface area contributed by atoms with Gasteiger partial charge in [0.05, 0.1) is 5.56 Å². The predicted octanol–water partition coefficient (Wildman–Crippen LogP) is 5.29. The number of alkyl halides is 3. The van der Waals surface area contributed by atoms with E-state index in [0.29, 0.717) is 16.2 Å². The Labute approximate surface area is 156 Å². The number of halogens is 3. The number of hydrogen-bond acceptors (Lipinski definition) is 1. The van der Waals surface area contributed by atoms with Gasteiger partial charge in [-0.1, -0.05) is 48.5 Å². The first kappa shape index (κ1) is 19.4. The minimum Gasteiger partial charge on any atom is -0.297 e. The van der Waals surface area contributed by atoms with Crippen LogP contribution >= 0.6 is 7.29 Å². The number of nitrogens with one attached hydrogen (secondary N) is 1. The van der Waals surface area contributed by atoms with E-state index in [1.165, 1.54) is 12.1 Å². The quantitative estimate of drug-likeness (QED) is 0.601. The van der Waals surface area contributed by atoms with Crippen LogP contribution < -0.4 is 15.7 Å². The van der Waals surface area contributed by atoms with Gasteiger partial charge in [0.25, 0.3) is 0 Å². The van der Waals surface area contributed by atoms with Crippen LogP contribution in [-0.4, -0.2) is 0 Å². The van der Waals surface area contributed by atoms with Gasteiger partial charge >= 0.3 is 6.18 Å². The van der Waals surface area contributed by atoms with E-state index in [-0.39, 0.29) is 0 Å². The molecule has 0 fully saturated rings. The standard InChI is InChI=1S/C21H19F3NOP/c1-16(17-12-14-18(15-13-17)21(22,23)24)25-27(26,19-8-4-2-5-9-19)20-10-6-3-7-11-20/h2-16H,1H3,(H,25,26)/t16-/m1/s1. The molecule has 3 aromatic rings. The van der Waals surface area contributed by atoms with Crippen LogP contribution in [0.15, 0.2) is 84.9 Å². The zero-order valence-corrected chi connectivity index (χ0v) is 15.5. The first-order valence-electron chi connectivity index (χ1n) is 8.47. The fraction of sp³-hybridized carbons (Fsp3) is 0.143. The zero-order chi connectivity index (χ0) is 19.5. The third-order valence-electron chi connectivity index (χ3n) is 4.35. The fourth-order valence-electron chi connectivity index (χ4n) is 2.88. The van der Waals surface area contributed by atoms with Crippen molar-refractivity contribution in [3.63, 3.8) is 0 Å². The molecule has 140 valence electrons. The van der Waals surface area contributed by atoms with Gasteiger partial charge in [-0.25, -0.2) is 0 Å². The highest BCUT2D eigenvalue weighted by molar-refractivity contribution is 7.76. The van der Waals surface area contributed by atoms with Crippen molar-refractivity contribution in [1.82, 2.24) is 5.09 Å². The molecule has 0 aromatic heterocycles. The van der Waals surface area contributed by atoms with Crippen LogP contribution in [0.4, 0.5) is 13.2 Å². The highest BCUT2D eigenvalue weighted by atomic mass is 31.2. The van der Waals surface area contributed by atoms with E-state index >= 15 is 0 Å². The number of benzene rings is 3. The Bertz CT molecular complexity index is 882. The van der Waals surface area contributed by atoms with E-state index in [0.717, 1.165) is 12.1 Å². The molecule has 0 radical (unpaired) electrons. The molecule has 0 unspecified atom stereocenters. The van der Waals surface area contributed by atoms with Crippen LogP contribution in [0.25, 0.3) is 0 Å². The van der Waals surface area contributed by atoms with Crippen molar-refractivity contribution in [2.45, 2.75) is 19.1 Å². The summed E-state index contributed by atoms with van der Waals surface area (Å²) in [5, 5.41) is 4.47. The second-order valence-corrected chi connectivity index (χ2v) is 8.76. The summed E-state index contributed by atoms with van der Waals surface area (Å²) >= 11 is 0. The van der Waals surface area contributed by atoms with Crippen molar-refractivity contribution >= 4 is 17.9 Å². The molecule has 0 bridgehead atoms. The maximum Gasteiger partial charge on any atom is 0.416 e. The van der Waals surface area contributed by atoms with Gasteiger partial charge in [0.15, 0.2) is 0 Å². The molecule has 3 aromatic carbocycles. The van der Waals surface area contributed by atoms with Crippen LogP contribution in [0, 0.1) is 0 Å². The average molecular weight is 389 g/mol. The van der Waals surface area contributed by atoms with Crippen molar-refractivity contribution < 1.29 is 17.7 Å². The number of hydrogen-bond donors (Lipinski definition) is 1. The summed E-state index contributed by atoms with van der Waals surface area (Å²) in [6, 6.07) is 22.6. The Morgan fingerprint density at radius 1 is 0.778 bits per heavy atom. The average Bonchev–Trinajstić information content (AvgIpc) is 2.68. The molecular weight excluding hydrogens is 370 g/mol. The molecule has 6 heteroatoms. The minimum atomic E-state index is -4.38. The summed E-state index contributed by atoms with van der Waals surface area (Å²) in [6.07, 6.45) is -4.38. The van der Waals surface area contributed by atoms with Gasteiger partial charge in [0.1, 0.15) is 0 Å². The lowest BCUT2D eigenvalue weighted by Crippen LogP contribution is -2.29. The van der Waals surface area contributed by atoms with E-state index in [9.17, 15) is 17.7 Å². The summed E-state index contributed by atoms with van der Waals surface area (Å²) in [5.74, 6) is 0. The molecule has 3 rings (SSSR count). The molecular formula is C21H19F3NOP. The molecule has 0 saturated heterocycles. The monoisotopic (exact) mass is 389 g/mol. The lowest BCUT2D eigenvalue weighted by molar-refractivity contribution is -0.137. The molecule has 27 heavy (non-hydrogen) atoms. The first-order valence-corrected chi connectivity index (χ1v) is 10.2. The van der Waals surface area contributed by atoms with Gasteiger partial charge in [-0.3, -0.25) is 9.65 Å². The van der Waals surface area contributed by atoms with Crippen LogP contribution in [0.1, 0.15) is 24.1 Å². The maximum atomic E-state index is 13.9. The third-order valence-corrected chi connectivity index (χ3v) is 7.15. The Kier molecular flexibility index (Phi) is 5.54. The molecule has 0 spiro atoms. The van der Waals surface area contributed by atoms with Gasteiger partial charge < -0.3 is 0 Å². The summed E-state index contributed by atoms with van der Waals surface area (Å²) < 4.78 is 52.3. The topological polar surface area (TPSA) is 29.1 Å². The molecule has 1 atom stereocenters. The summed E-state index contributed by atoms with van der Waals surface area (Å²) in [7, 11) is -3.16. The van der Waals surface area contributed by atoms with Gasteiger partial charge in [-0.15, -0.1) is 0 Å². The normalized spacial score (nSPS) is 13.3. The lowest BCUT2D eigenvalue weighted by atomic mass is 10.1. The smallest absolute Gasteiger partial charge is 0.297 e. The highest BCUT2D eigenvalue weighted by Crippen LogP contribution is 2.41. The Balaban J connectivity index is 1.94. The van der Waals surface area contributed by atoms with E-state index in [2.05, 4.69) is 5.09 Å². The van der Waals surface area contributed by atoms with E-state index in [4.69, 9.17) is 0 Å². The largest absolute Gasteiger partial charge is 0.416 e. The van der Waals surface area contributed by atoms with E-state index in [1.807, 2.05) is 36.4 Å². The maximum absolute atomic E-state index is 13.9. The summed E-state index contributed by atoms with van der Waals surface area (Å²) in [4.78, 5) is 0. The van der Waals surface area contributed by atoms with Crippen LogP contribution in [0.2, 0.25) is 0 Å². The second kappa shape index (κ2) is 7.71. The van der Waals surface area contributed by atoms with Crippen molar-refractivity contribution in [1.29, 1.82) is 0 Å². The number of rotatable bonds is 5. The molecule has 1 N–H and O–H groups in total. The zero-order valence-electron chi connectivity index (χ0n) is 14.6. The van der Waals surface area contributed by atoms with E-state index in [1.54, 1.807) is 31.2 Å². The van der Waals surface area contributed by atoms with Crippen molar-refractivity contribution in [3.8, 4) is 0 Å². The van der Waals surface area contributed by atoms with Crippen LogP contribution in [0.3, 0.4) is 0 Å². The van der Waals surface area contributed by atoms with Crippen LogP contribution in [-0.2, 0) is 10.7 Å². The summed E-state index contributed by atoms with van der Waals surface area (Å²) in [5.41, 5.74) is -0.0668. The molecule has 2 nitrogen and oxygen atoms in total. The minimum absolute atomic E-state index is 0.404. The molecule has 0 aliphatic heterocycles. The van der Waals surface area contributed by atoms with Gasteiger partial charge in [-0.2, -0.15) is 13.2 Å². The highest BCUT2D eigenvalue weighted by Gasteiger charge is 2.31. The molecule has 0 aliphatic rings. The third kappa shape index (κ3) is 4.32. The van der Waals surface area contributed by atoms with Crippen LogP contribution in [0.5, 0.6) is 0 Å². The Hall–Kier alpha value is -2.36. The molecule has 0 aliphatic carbocycles. The predicted molar refractivity (Wildman–Crippen MR) is 103 cm³/mol. The van der Waals surface area contributed by atoms with Gasteiger partial charge in [-0.05, 0) is 48.9 Å². The Morgan fingerprint density at radius 2 is 1.22 bits per heavy atom. The lowest BCUT2D eigenvalue weighted by Gasteiger charge is -2.25. The summed E-state index contributed by atoms with van der Waals surface area (Å²) in [6.45, 7) is 1.79. The van der Waals surface area contributed by atoms with Crippen molar-refractivity contribution in [2.75, 3.05) is 0 Å². The van der Waals surface area contributed by atoms with E-state index < -0.39 is 25.1 Å². The van der Waals surface area contributed by atoms with Gasteiger partial charge in [0.2, 0.25) is 7.29 Å². The Morgan fingerprint density at radius 3 is 1.63 bits per heavy atom. The fourth-order valence-corrected chi connectivity index (χ4v) is 5.36. The van der Waals surface area contributed by atoms with Crippen molar-refractivity contribution in [3.05, 3.63) is 96.1 Å². The van der Waals surface area contributed by atoms with Gasteiger partial charge in [0, 0.05) is 16.7 Å². The molecule has 0 heterocycles. The second-order valence-electron chi connectivity index (χ2n) is 6.25. The molecule has 0 saturated carbocycles. The first-order chi connectivity index (χ1) is 12.8. The SMILES string of the molecule is C[C@@H](NP(=O)(c1ccccc1)c1ccccc1)c1ccc(C(F)(F)F)cc1. The molecule has 0 amide bonds.